The van der Waals surface area contributed by atoms with Gasteiger partial charge in [-0.25, -0.2) is 4.48 Å². The molecule has 1 unspecified atom stereocenters. The maximum atomic E-state index is 12.2. The smallest absolute Gasteiger partial charge is 0.287 e. The molecule has 0 aliphatic carbocycles. The molecule has 4 rings (SSSR count). The zero-order chi connectivity index (χ0) is 14.4. The highest BCUT2D eigenvalue weighted by Gasteiger charge is 2.53. The van der Waals surface area contributed by atoms with E-state index in [0.29, 0.717) is 10.0 Å². The van der Waals surface area contributed by atoms with Crippen LogP contribution in [0.3, 0.4) is 0 Å². The molecule has 21 heavy (non-hydrogen) atoms. The third kappa shape index (κ3) is 1.53. The van der Waals surface area contributed by atoms with Crippen molar-refractivity contribution in [2.75, 3.05) is 13.7 Å². The molecular formula is C17H15N2O2+. The minimum absolute atomic E-state index is 0.146. The molecule has 4 nitrogen and oxygen atoms in total. The van der Waals surface area contributed by atoms with E-state index < -0.39 is 0 Å². The second-order valence-electron chi connectivity index (χ2n) is 5.34. The molecule has 2 aliphatic heterocycles. The lowest BCUT2D eigenvalue weighted by atomic mass is 9.96. The first-order valence-electron chi connectivity index (χ1n) is 7.00. The Morgan fingerprint density at radius 3 is 2.62 bits per heavy atom. The average molecular weight is 279 g/mol. The molecule has 0 bridgehead atoms. The fraction of sp³-hybridized carbons (Fsp3) is 0.176. The lowest BCUT2D eigenvalue weighted by molar-refractivity contribution is 0.0994. The van der Waals surface area contributed by atoms with Crippen LogP contribution in [0, 0.1) is 0 Å². The Morgan fingerprint density at radius 1 is 1.14 bits per heavy atom. The molecule has 2 aromatic carbocycles. The molecule has 2 aliphatic rings. The molecule has 104 valence electrons. The number of para-hydroxylation sites is 1. The summed E-state index contributed by atoms with van der Waals surface area (Å²) in [4.78, 5) is 16.5. The van der Waals surface area contributed by atoms with Crippen molar-refractivity contribution in [3.63, 3.8) is 0 Å². The van der Waals surface area contributed by atoms with Gasteiger partial charge in [0, 0.05) is 18.2 Å². The first-order chi connectivity index (χ1) is 10.3. The number of rotatable bonds is 2. The molecule has 0 radical (unpaired) electrons. The fourth-order valence-electron chi connectivity index (χ4n) is 3.25. The van der Waals surface area contributed by atoms with E-state index >= 15 is 0 Å². The van der Waals surface area contributed by atoms with Gasteiger partial charge in [-0.05, 0) is 12.1 Å². The van der Waals surface area contributed by atoms with Gasteiger partial charge in [0.2, 0.25) is 5.84 Å². The van der Waals surface area contributed by atoms with Crippen molar-refractivity contribution >= 4 is 23.1 Å². The molecule has 4 heteroatoms. The molecule has 1 atom stereocenters. The maximum Gasteiger partial charge on any atom is 0.287 e. The zero-order valence-electron chi connectivity index (χ0n) is 11.7. The molecule has 1 saturated heterocycles. The van der Waals surface area contributed by atoms with Gasteiger partial charge in [-0.15, -0.1) is 0 Å². The van der Waals surface area contributed by atoms with Crippen LogP contribution in [0.2, 0.25) is 0 Å². The second kappa shape index (κ2) is 4.27. The number of hydrogen-bond acceptors (Lipinski definition) is 2. The van der Waals surface area contributed by atoms with E-state index in [4.69, 9.17) is 4.74 Å². The van der Waals surface area contributed by atoms with Crippen LogP contribution in [0.15, 0.2) is 53.5 Å². The lowest BCUT2D eigenvalue weighted by Crippen LogP contribution is -2.62. The number of ether oxygens (including phenoxy) is 1. The third-order valence-corrected chi connectivity index (χ3v) is 4.39. The SMILES string of the molecule is COc1ccc2c(c1)[N+]1(c3ccccc3)CCC1=NC2=O. The van der Waals surface area contributed by atoms with Crippen molar-refractivity contribution in [2.45, 2.75) is 6.42 Å². The molecular weight excluding hydrogens is 264 g/mol. The van der Waals surface area contributed by atoms with Gasteiger partial charge in [0.25, 0.3) is 5.91 Å². The summed E-state index contributed by atoms with van der Waals surface area (Å²) in [6, 6.07) is 15.8. The summed E-state index contributed by atoms with van der Waals surface area (Å²) in [5.74, 6) is 1.54. The van der Waals surface area contributed by atoms with E-state index in [1.807, 2.05) is 36.4 Å². The first kappa shape index (κ1) is 12.3. The normalized spacial score (nSPS) is 22.7. The minimum atomic E-state index is -0.146. The Balaban J connectivity index is 2.00. The number of aliphatic imine (C=N–C) groups is 1. The van der Waals surface area contributed by atoms with Crippen LogP contribution < -0.4 is 9.22 Å². The van der Waals surface area contributed by atoms with Crippen LogP contribution in [0.1, 0.15) is 16.8 Å². The van der Waals surface area contributed by atoms with E-state index in [9.17, 15) is 4.79 Å². The summed E-state index contributed by atoms with van der Waals surface area (Å²) in [5, 5.41) is 0. The van der Waals surface area contributed by atoms with Gasteiger partial charge in [-0.2, -0.15) is 4.99 Å². The van der Waals surface area contributed by atoms with Gasteiger partial charge >= 0.3 is 0 Å². The van der Waals surface area contributed by atoms with Crippen LogP contribution in [-0.4, -0.2) is 25.4 Å². The number of methoxy groups -OCH3 is 1. The predicted molar refractivity (Wildman–Crippen MR) is 82.1 cm³/mol. The Hall–Kier alpha value is -2.46. The third-order valence-electron chi connectivity index (χ3n) is 4.39. The summed E-state index contributed by atoms with van der Waals surface area (Å²) in [5.41, 5.74) is 2.79. The van der Waals surface area contributed by atoms with Gasteiger partial charge in [-0.3, -0.25) is 4.79 Å². The summed E-state index contributed by atoms with van der Waals surface area (Å²) < 4.78 is 5.90. The molecule has 0 N–H and O–H groups in total. The Labute approximate surface area is 122 Å². The van der Waals surface area contributed by atoms with Crippen molar-refractivity contribution in [1.82, 2.24) is 4.48 Å². The van der Waals surface area contributed by atoms with Crippen molar-refractivity contribution < 1.29 is 9.53 Å². The molecule has 2 aromatic rings. The summed E-state index contributed by atoms with van der Waals surface area (Å²) in [7, 11) is 1.64. The number of fused-ring (bicyclic) bond motifs is 3. The quantitative estimate of drug-likeness (QED) is 0.791. The number of carbonyl (C=O) groups excluding carboxylic acids is 1. The number of nitrogens with zero attached hydrogens (tertiary/aromatic N) is 2. The Kier molecular flexibility index (Phi) is 2.50. The first-order valence-corrected chi connectivity index (χ1v) is 7.00. The van der Waals surface area contributed by atoms with Crippen LogP contribution in [0.4, 0.5) is 11.4 Å². The second-order valence-corrected chi connectivity index (χ2v) is 5.34. The van der Waals surface area contributed by atoms with E-state index in [2.05, 4.69) is 17.1 Å². The van der Waals surface area contributed by atoms with Crippen molar-refractivity contribution in [1.29, 1.82) is 0 Å². The molecule has 2 heterocycles. The molecule has 1 amide bonds. The van der Waals surface area contributed by atoms with Crippen LogP contribution in [0.25, 0.3) is 0 Å². The molecule has 0 saturated carbocycles. The van der Waals surface area contributed by atoms with Crippen LogP contribution in [-0.2, 0) is 0 Å². The van der Waals surface area contributed by atoms with Crippen LogP contribution in [0.5, 0.6) is 5.75 Å². The van der Waals surface area contributed by atoms with Crippen LogP contribution >= 0.6 is 0 Å². The largest absolute Gasteiger partial charge is 0.497 e. The van der Waals surface area contributed by atoms with Crippen molar-refractivity contribution in [2.24, 2.45) is 4.99 Å². The highest BCUT2D eigenvalue weighted by Crippen LogP contribution is 2.47. The van der Waals surface area contributed by atoms with Gasteiger partial charge < -0.3 is 4.74 Å². The van der Waals surface area contributed by atoms with Gasteiger partial charge in [0.1, 0.15) is 23.5 Å². The van der Waals surface area contributed by atoms with Gasteiger partial charge in [0.15, 0.2) is 5.69 Å². The standard InChI is InChI=1S/C17H15N2O2/c1-21-13-7-8-14-15(11-13)19(12-5-3-2-4-6-12)10-9-16(19)18-17(14)20/h2-8,11H,9-10H2,1H3/q+1. The molecule has 1 fully saturated rings. The number of benzene rings is 2. The number of quaternary nitrogens is 1. The Bertz CT molecular complexity index is 768. The topological polar surface area (TPSA) is 38.7 Å². The molecule has 0 aromatic heterocycles. The Morgan fingerprint density at radius 2 is 1.95 bits per heavy atom. The average Bonchev–Trinajstić information content (AvgIpc) is 2.52. The van der Waals surface area contributed by atoms with Crippen molar-refractivity contribution in [3.05, 3.63) is 54.1 Å². The van der Waals surface area contributed by atoms with E-state index in [0.717, 1.165) is 35.9 Å². The highest BCUT2D eigenvalue weighted by atomic mass is 16.5. The number of amides is 1. The lowest BCUT2D eigenvalue weighted by Gasteiger charge is -2.46. The number of hydrogen-bond donors (Lipinski definition) is 0. The van der Waals surface area contributed by atoms with E-state index in [-0.39, 0.29) is 5.91 Å². The number of amidine groups is 1. The van der Waals surface area contributed by atoms with Crippen molar-refractivity contribution in [3.8, 4) is 5.75 Å². The predicted octanol–water partition coefficient (Wildman–Crippen LogP) is 3.29. The maximum absolute atomic E-state index is 12.2. The van der Waals surface area contributed by atoms with E-state index in [1.54, 1.807) is 7.11 Å². The van der Waals surface area contributed by atoms with E-state index in [1.165, 1.54) is 0 Å². The minimum Gasteiger partial charge on any atom is -0.497 e. The highest BCUT2D eigenvalue weighted by molar-refractivity contribution is 6.19. The number of carbonyl (C=O) groups is 1. The van der Waals surface area contributed by atoms with Gasteiger partial charge in [-0.1, -0.05) is 18.2 Å². The summed E-state index contributed by atoms with van der Waals surface area (Å²) >= 11 is 0. The summed E-state index contributed by atoms with van der Waals surface area (Å²) in [6.45, 7) is 0.927. The fourth-order valence-corrected chi connectivity index (χ4v) is 3.25. The zero-order valence-corrected chi connectivity index (χ0v) is 11.7. The van der Waals surface area contributed by atoms with Gasteiger partial charge in [0.05, 0.1) is 13.5 Å². The monoisotopic (exact) mass is 279 g/mol. The molecule has 0 spiro atoms. The summed E-state index contributed by atoms with van der Waals surface area (Å²) in [6.07, 6.45) is 0.858.